The second-order valence-electron chi connectivity index (χ2n) is 6.11. The summed E-state index contributed by atoms with van der Waals surface area (Å²) in [6, 6.07) is 9.26. The summed E-state index contributed by atoms with van der Waals surface area (Å²) in [5.74, 6) is 1.13. The van der Waals surface area contributed by atoms with E-state index in [2.05, 4.69) is 59.9 Å². The van der Waals surface area contributed by atoms with Gasteiger partial charge in [0.1, 0.15) is 5.82 Å². The van der Waals surface area contributed by atoms with Crippen molar-refractivity contribution in [2.45, 2.75) is 38.8 Å². The molecule has 1 unspecified atom stereocenters. The molecule has 21 heavy (non-hydrogen) atoms. The summed E-state index contributed by atoms with van der Waals surface area (Å²) in [5, 5.41) is 3.77. The van der Waals surface area contributed by atoms with Gasteiger partial charge in [-0.05, 0) is 51.5 Å². The van der Waals surface area contributed by atoms with E-state index in [1.165, 1.54) is 38.0 Å². The van der Waals surface area contributed by atoms with Crippen LogP contribution in [0.15, 0.2) is 24.3 Å². The smallest absolute Gasteiger partial charge is 0.126 e. The number of aromatic nitrogens is 2. The van der Waals surface area contributed by atoms with Gasteiger partial charge in [-0.1, -0.05) is 19.1 Å². The molecule has 2 aromatic rings. The van der Waals surface area contributed by atoms with Crippen molar-refractivity contribution in [3.8, 4) is 0 Å². The molecule has 0 saturated carbocycles. The molecular formula is C17H26N4. The van der Waals surface area contributed by atoms with Crippen LogP contribution < -0.4 is 5.32 Å². The fraction of sp³-hybridized carbons (Fsp3) is 0.588. The van der Waals surface area contributed by atoms with Crippen molar-refractivity contribution in [2.24, 2.45) is 7.05 Å². The molecule has 1 aromatic heterocycles. The van der Waals surface area contributed by atoms with Crippen LogP contribution in [-0.4, -0.2) is 40.1 Å². The van der Waals surface area contributed by atoms with Crippen molar-refractivity contribution >= 4 is 11.0 Å². The molecule has 4 heteroatoms. The maximum atomic E-state index is 4.80. The fourth-order valence-electron chi connectivity index (χ4n) is 3.40. The lowest BCUT2D eigenvalue weighted by molar-refractivity contribution is 0.199. The van der Waals surface area contributed by atoms with E-state index in [-0.39, 0.29) is 0 Å². The normalized spacial score (nSPS) is 19.2. The molecule has 0 radical (unpaired) electrons. The summed E-state index contributed by atoms with van der Waals surface area (Å²) in [4.78, 5) is 7.32. The molecule has 2 heterocycles. The number of nitrogens with one attached hydrogen (secondary N) is 1. The standard InChI is InChI=1S/C17H26N4/c1-4-21-11-9-14(10-12-21)18-13(2)17-19-15-7-5-6-8-16(15)20(17)3/h5-8,13-14,18H,4,9-12H2,1-3H3. The molecule has 1 aromatic carbocycles. The molecule has 1 aliphatic rings. The Morgan fingerprint density at radius 3 is 2.67 bits per heavy atom. The number of benzene rings is 1. The first-order chi connectivity index (χ1) is 10.2. The minimum atomic E-state index is 0.292. The minimum Gasteiger partial charge on any atom is -0.330 e. The number of rotatable bonds is 4. The second kappa shape index (κ2) is 6.16. The van der Waals surface area contributed by atoms with Crippen LogP contribution in [0.5, 0.6) is 0 Å². The number of hydrogen-bond acceptors (Lipinski definition) is 3. The van der Waals surface area contributed by atoms with E-state index in [1.54, 1.807) is 0 Å². The Labute approximate surface area is 127 Å². The number of piperidine rings is 1. The van der Waals surface area contributed by atoms with Gasteiger partial charge in [0.05, 0.1) is 17.1 Å². The topological polar surface area (TPSA) is 33.1 Å². The van der Waals surface area contributed by atoms with Gasteiger partial charge in [0.2, 0.25) is 0 Å². The number of nitrogens with zero attached hydrogens (tertiary/aromatic N) is 3. The van der Waals surface area contributed by atoms with Crippen LogP contribution in [-0.2, 0) is 7.05 Å². The highest BCUT2D eigenvalue weighted by Crippen LogP contribution is 2.21. The lowest BCUT2D eigenvalue weighted by Crippen LogP contribution is -2.43. The minimum absolute atomic E-state index is 0.292. The van der Waals surface area contributed by atoms with E-state index in [0.717, 1.165) is 11.3 Å². The fourth-order valence-corrected chi connectivity index (χ4v) is 3.40. The van der Waals surface area contributed by atoms with E-state index in [4.69, 9.17) is 4.98 Å². The Bertz CT molecular complexity index is 596. The van der Waals surface area contributed by atoms with Crippen molar-refractivity contribution in [2.75, 3.05) is 19.6 Å². The van der Waals surface area contributed by atoms with Crippen LogP contribution in [0.25, 0.3) is 11.0 Å². The van der Waals surface area contributed by atoms with Crippen molar-refractivity contribution in [1.82, 2.24) is 19.8 Å². The number of para-hydroxylation sites is 2. The highest BCUT2D eigenvalue weighted by Gasteiger charge is 2.22. The quantitative estimate of drug-likeness (QED) is 0.938. The van der Waals surface area contributed by atoms with E-state index >= 15 is 0 Å². The number of aryl methyl sites for hydroxylation is 1. The molecule has 0 bridgehead atoms. The molecule has 1 fully saturated rings. The number of likely N-dealkylation sites (tertiary alicyclic amines) is 1. The third-order valence-corrected chi connectivity index (χ3v) is 4.73. The zero-order chi connectivity index (χ0) is 14.8. The Morgan fingerprint density at radius 2 is 2.00 bits per heavy atom. The van der Waals surface area contributed by atoms with Crippen LogP contribution in [0.1, 0.15) is 38.6 Å². The lowest BCUT2D eigenvalue weighted by atomic mass is 10.0. The summed E-state index contributed by atoms with van der Waals surface area (Å²) in [5.41, 5.74) is 2.30. The van der Waals surface area contributed by atoms with Gasteiger partial charge in [-0.2, -0.15) is 0 Å². The average Bonchev–Trinajstić information content (AvgIpc) is 2.86. The molecule has 0 aliphatic carbocycles. The van der Waals surface area contributed by atoms with Crippen molar-refractivity contribution in [3.05, 3.63) is 30.1 Å². The molecule has 1 N–H and O–H groups in total. The van der Waals surface area contributed by atoms with Crippen LogP contribution in [0, 0.1) is 0 Å². The molecule has 4 nitrogen and oxygen atoms in total. The molecular weight excluding hydrogens is 260 g/mol. The molecule has 0 amide bonds. The molecule has 1 aliphatic heterocycles. The van der Waals surface area contributed by atoms with Crippen LogP contribution >= 0.6 is 0 Å². The molecule has 1 saturated heterocycles. The van der Waals surface area contributed by atoms with E-state index in [1.807, 2.05) is 0 Å². The largest absolute Gasteiger partial charge is 0.330 e. The molecule has 114 valence electrons. The first kappa shape index (κ1) is 14.5. The predicted octanol–water partition coefficient (Wildman–Crippen LogP) is 2.71. The van der Waals surface area contributed by atoms with Gasteiger partial charge >= 0.3 is 0 Å². The Morgan fingerprint density at radius 1 is 1.29 bits per heavy atom. The van der Waals surface area contributed by atoms with Crippen LogP contribution in [0.2, 0.25) is 0 Å². The highest BCUT2D eigenvalue weighted by atomic mass is 15.2. The van der Waals surface area contributed by atoms with Crippen molar-refractivity contribution < 1.29 is 0 Å². The van der Waals surface area contributed by atoms with Gasteiger partial charge in [0.15, 0.2) is 0 Å². The van der Waals surface area contributed by atoms with Gasteiger partial charge in [0.25, 0.3) is 0 Å². The monoisotopic (exact) mass is 286 g/mol. The third kappa shape index (κ3) is 2.97. The van der Waals surface area contributed by atoms with Crippen molar-refractivity contribution in [3.63, 3.8) is 0 Å². The second-order valence-corrected chi connectivity index (χ2v) is 6.11. The summed E-state index contributed by atoms with van der Waals surface area (Å²) in [6.07, 6.45) is 2.48. The van der Waals surface area contributed by atoms with Crippen molar-refractivity contribution in [1.29, 1.82) is 0 Å². The molecule has 1 atom stereocenters. The van der Waals surface area contributed by atoms with Gasteiger partial charge in [-0.25, -0.2) is 4.98 Å². The highest BCUT2D eigenvalue weighted by molar-refractivity contribution is 5.75. The predicted molar refractivity (Wildman–Crippen MR) is 87.4 cm³/mol. The Hall–Kier alpha value is -1.39. The van der Waals surface area contributed by atoms with Gasteiger partial charge in [0, 0.05) is 13.1 Å². The van der Waals surface area contributed by atoms with E-state index in [0.29, 0.717) is 12.1 Å². The van der Waals surface area contributed by atoms with Crippen LogP contribution in [0.3, 0.4) is 0 Å². The first-order valence-electron chi connectivity index (χ1n) is 8.08. The first-order valence-corrected chi connectivity index (χ1v) is 8.08. The number of imidazole rings is 1. The van der Waals surface area contributed by atoms with E-state index in [9.17, 15) is 0 Å². The summed E-state index contributed by atoms with van der Waals surface area (Å²) < 4.78 is 2.22. The zero-order valence-corrected chi connectivity index (χ0v) is 13.3. The average molecular weight is 286 g/mol. The van der Waals surface area contributed by atoms with Gasteiger partial charge in [-0.15, -0.1) is 0 Å². The number of fused-ring (bicyclic) bond motifs is 1. The van der Waals surface area contributed by atoms with E-state index < -0.39 is 0 Å². The maximum Gasteiger partial charge on any atom is 0.126 e. The third-order valence-electron chi connectivity index (χ3n) is 4.73. The summed E-state index contributed by atoms with van der Waals surface area (Å²) in [6.45, 7) is 8.07. The van der Waals surface area contributed by atoms with Gasteiger partial charge in [-0.3, -0.25) is 0 Å². The lowest BCUT2D eigenvalue weighted by Gasteiger charge is -2.33. The zero-order valence-electron chi connectivity index (χ0n) is 13.3. The van der Waals surface area contributed by atoms with Crippen LogP contribution in [0.4, 0.5) is 0 Å². The van der Waals surface area contributed by atoms with Gasteiger partial charge < -0.3 is 14.8 Å². The summed E-state index contributed by atoms with van der Waals surface area (Å²) in [7, 11) is 2.11. The Kier molecular flexibility index (Phi) is 4.27. The SMILES string of the molecule is CCN1CCC(NC(C)c2nc3ccccc3n2C)CC1. The number of hydrogen-bond donors (Lipinski definition) is 1. The molecule has 3 rings (SSSR count). The Balaban J connectivity index is 1.70. The maximum absolute atomic E-state index is 4.80. The summed E-state index contributed by atoms with van der Waals surface area (Å²) >= 11 is 0. The molecule has 0 spiro atoms.